The number of thioether (sulfide) groups is 1. The second-order valence-electron chi connectivity index (χ2n) is 5.58. The maximum Gasteiger partial charge on any atom is 0.416 e. The van der Waals surface area contributed by atoms with Gasteiger partial charge < -0.3 is 4.74 Å². The lowest BCUT2D eigenvalue weighted by molar-refractivity contribution is -0.137. The topological polar surface area (TPSA) is 9.23 Å². The number of rotatable bonds is 10. The summed E-state index contributed by atoms with van der Waals surface area (Å²) in [5, 5.41) is 0. The maximum atomic E-state index is 12.5. The first kappa shape index (κ1) is 22.1. The van der Waals surface area contributed by atoms with E-state index in [4.69, 9.17) is 4.74 Å². The molecule has 0 radical (unpaired) electrons. The lowest BCUT2D eigenvalue weighted by Gasteiger charge is -2.07. The fourth-order valence-electron chi connectivity index (χ4n) is 2.09. The zero-order chi connectivity index (χ0) is 19.5. The van der Waals surface area contributed by atoms with Gasteiger partial charge in [-0.2, -0.15) is 24.9 Å². The summed E-state index contributed by atoms with van der Waals surface area (Å²) < 4.78 is 42.6. The fourth-order valence-corrected chi connectivity index (χ4v) is 4.81. The van der Waals surface area contributed by atoms with Crippen LogP contribution in [0.1, 0.15) is 16.7 Å². The van der Waals surface area contributed by atoms with E-state index in [0.717, 1.165) is 40.7 Å². The van der Waals surface area contributed by atoms with Crippen molar-refractivity contribution in [3.05, 3.63) is 77.4 Å². The van der Waals surface area contributed by atoms with Gasteiger partial charge >= 0.3 is 6.18 Å². The third-order valence-electron chi connectivity index (χ3n) is 3.56. The highest BCUT2D eigenvalue weighted by molar-refractivity contribution is 8.76. The molecule has 0 unspecified atom stereocenters. The maximum absolute atomic E-state index is 12.5. The third-order valence-corrected chi connectivity index (χ3v) is 6.74. The molecule has 0 saturated heterocycles. The Kier molecular flexibility index (Phi) is 9.51. The molecule has 0 amide bonds. The van der Waals surface area contributed by atoms with E-state index in [1.54, 1.807) is 41.8 Å². The van der Waals surface area contributed by atoms with E-state index >= 15 is 0 Å². The van der Waals surface area contributed by atoms with Crippen LogP contribution in [0.5, 0.6) is 5.75 Å². The third kappa shape index (κ3) is 8.58. The number of ether oxygens (including phenoxy) is 1. The van der Waals surface area contributed by atoms with Crippen LogP contribution in [-0.2, 0) is 17.7 Å². The van der Waals surface area contributed by atoms with Gasteiger partial charge in [0.1, 0.15) is 5.75 Å². The summed E-state index contributed by atoms with van der Waals surface area (Å²) in [6.07, 6.45) is -0.0292. The minimum Gasteiger partial charge on any atom is -0.497 e. The molecule has 2 rings (SSSR count). The molecule has 0 saturated carbocycles. The van der Waals surface area contributed by atoms with Crippen LogP contribution in [0.4, 0.5) is 13.2 Å². The largest absolute Gasteiger partial charge is 0.497 e. The molecule has 0 aliphatic rings. The lowest BCUT2D eigenvalue weighted by atomic mass is 10.1. The van der Waals surface area contributed by atoms with Gasteiger partial charge in [0, 0.05) is 23.0 Å². The number of halogens is 3. The predicted molar refractivity (Wildman–Crippen MR) is 113 cm³/mol. The van der Waals surface area contributed by atoms with Crippen molar-refractivity contribution in [1.29, 1.82) is 0 Å². The molecule has 0 N–H and O–H groups in total. The first-order valence-corrected chi connectivity index (χ1v) is 11.9. The smallest absolute Gasteiger partial charge is 0.416 e. The summed E-state index contributed by atoms with van der Waals surface area (Å²) in [6, 6.07) is 13.4. The van der Waals surface area contributed by atoms with Gasteiger partial charge in [-0.1, -0.05) is 58.0 Å². The zero-order valence-electron chi connectivity index (χ0n) is 14.9. The van der Waals surface area contributed by atoms with Crippen molar-refractivity contribution in [2.24, 2.45) is 0 Å². The molecule has 1 nitrogen and oxygen atoms in total. The summed E-state index contributed by atoms with van der Waals surface area (Å²) >= 11 is 1.69. The van der Waals surface area contributed by atoms with Crippen LogP contribution in [0, 0.1) is 0 Å². The first-order chi connectivity index (χ1) is 13.0. The Hall–Kier alpha value is -1.18. The summed E-state index contributed by atoms with van der Waals surface area (Å²) in [5.41, 5.74) is 1.58. The van der Waals surface area contributed by atoms with E-state index in [1.165, 1.54) is 5.56 Å². The second-order valence-corrected chi connectivity index (χ2v) is 9.11. The Morgan fingerprint density at radius 2 is 1.41 bits per heavy atom. The van der Waals surface area contributed by atoms with Gasteiger partial charge in [0.05, 0.1) is 12.7 Å². The van der Waals surface area contributed by atoms with Crippen molar-refractivity contribution in [2.45, 2.75) is 17.7 Å². The summed E-state index contributed by atoms with van der Waals surface area (Å²) in [7, 11) is 5.27. The lowest BCUT2D eigenvalue weighted by Crippen LogP contribution is -2.04. The van der Waals surface area contributed by atoms with Gasteiger partial charge in [-0.3, -0.25) is 0 Å². The molecule has 0 heterocycles. The highest BCUT2D eigenvalue weighted by Crippen LogP contribution is 2.30. The van der Waals surface area contributed by atoms with E-state index in [-0.39, 0.29) is 0 Å². The minimum absolute atomic E-state index is 0.597. The quantitative estimate of drug-likeness (QED) is 0.226. The van der Waals surface area contributed by atoms with Gasteiger partial charge in [0.25, 0.3) is 0 Å². The Bertz CT molecular complexity index is 698. The number of alkyl halides is 3. The van der Waals surface area contributed by atoms with Gasteiger partial charge in [-0.05, 0) is 35.4 Å². The number of benzene rings is 2. The van der Waals surface area contributed by atoms with Crippen molar-refractivity contribution in [2.75, 3.05) is 18.6 Å². The molecule has 7 heteroatoms. The molecule has 0 spiro atoms. The molecule has 0 bridgehead atoms. The molecule has 0 aromatic heterocycles. The minimum atomic E-state index is -4.27. The molecule has 0 aliphatic heterocycles. The average molecular weight is 431 g/mol. The average Bonchev–Trinajstić information content (AvgIpc) is 2.67. The number of methoxy groups -OCH3 is 1. The Morgan fingerprint density at radius 3 is 2.04 bits per heavy atom. The van der Waals surface area contributed by atoms with Crippen molar-refractivity contribution >= 4 is 33.3 Å². The van der Waals surface area contributed by atoms with Crippen LogP contribution >= 0.6 is 33.3 Å². The van der Waals surface area contributed by atoms with Crippen LogP contribution in [-0.4, -0.2) is 18.6 Å². The molecular formula is C20H21F3OS3. The van der Waals surface area contributed by atoms with Crippen LogP contribution < -0.4 is 4.74 Å². The molecule has 2 aromatic rings. The Labute approximate surface area is 170 Å². The van der Waals surface area contributed by atoms with Crippen molar-refractivity contribution in [3.8, 4) is 5.75 Å². The normalized spacial score (nSPS) is 11.9. The van der Waals surface area contributed by atoms with E-state index in [0.29, 0.717) is 5.75 Å². The second kappa shape index (κ2) is 11.6. The first-order valence-electron chi connectivity index (χ1n) is 8.25. The highest BCUT2D eigenvalue weighted by atomic mass is 33.1. The molecule has 0 fully saturated rings. The Balaban J connectivity index is 1.54. The van der Waals surface area contributed by atoms with Crippen molar-refractivity contribution in [3.63, 3.8) is 0 Å². The van der Waals surface area contributed by atoms with E-state index in [2.05, 4.69) is 24.3 Å². The van der Waals surface area contributed by atoms with Crippen molar-refractivity contribution < 1.29 is 17.9 Å². The zero-order valence-corrected chi connectivity index (χ0v) is 17.3. The van der Waals surface area contributed by atoms with Crippen LogP contribution in [0.25, 0.3) is 0 Å². The molecule has 27 heavy (non-hydrogen) atoms. The highest BCUT2D eigenvalue weighted by Gasteiger charge is 2.29. The predicted octanol–water partition coefficient (Wildman–Crippen LogP) is 7.09. The molecule has 0 aliphatic carbocycles. The Morgan fingerprint density at radius 1 is 0.815 bits per heavy atom. The summed E-state index contributed by atoms with van der Waals surface area (Å²) in [4.78, 5) is 0. The van der Waals surface area contributed by atoms with Gasteiger partial charge in [0.2, 0.25) is 0 Å². The van der Waals surface area contributed by atoms with E-state index in [9.17, 15) is 13.2 Å². The van der Waals surface area contributed by atoms with Gasteiger partial charge in [-0.15, -0.1) is 0 Å². The molecule has 2 aromatic carbocycles. The molecular weight excluding hydrogens is 409 g/mol. The molecule has 146 valence electrons. The number of hydrogen-bond donors (Lipinski definition) is 0. The monoisotopic (exact) mass is 430 g/mol. The van der Waals surface area contributed by atoms with Crippen molar-refractivity contribution in [1.82, 2.24) is 0 Å². The SMILES string of the molecule is COc1ccc(CSSC/C=C/CSCc2ccc(C(F)(F)F)cc2)cc1. The number of hydrogen-bond acceptors (Lipinski definition) is 4. The van der Waals surface area contributed by atoms with Gasteiger partial charge in [0.15, 0.2) is 0 Å². The van der Waals surface area contributed by atoms with E-state index in [1.807, 2.05) is 22.9 Å². The van der Waals surface area contributed by atoms with Crippen LogP contribution in [0.15, 0.2) is 60.7 Å². The van der Waals surface area contributed by atoms with Crippen LogP contribution in [0.2, 0.25) is 0 Å². The molecule has 0 atom stereocenters. The summed E-state index contributed by atoms with van der Waals surface area (Å²) in [6.45, 7) is 0. The van der Waals surface area contributed by atoms with Crippen LogP contribution in [0.3, 0.4) is 0 Å². The van der Waals surface area contributed by atoms with E-state index < -0.39 is 11.7 Å². The summed E-state index contributed by atoms with van der Waals surface area (Å²) in [5.74, 6) is 4.31. The van der Waals surface area contributed by atoms with Gasteiger partial charge in [-0.25, -0.2) is 0 Å². The standard InChI is InChI=1S/C20H21F3OS3/c1-24-19-10-6-17(7-11-19)15-27-26-13-3-2-12-25-14-16-4-8-18(9-5-16)20(21,22)23/h2-11H,12-15H2,1H3/b3-2+. The fraction of sp³-hybridized carbons (Fsp3) is 0.300.